The Bertz CT molecular complexity index is 129. The van der Waals surface area contributed by atoms with Crippen molar-refractivity contribution in [1.82, 2.24) is 0 Å². The van der Waals surface area contributed by atoms with Crippen molar-refractivity contribution in [3.63, 3.8) is 0 Å². The highest BCUT2D eigenvalue weighted by Crippen LogP contribution is 2.28. The molecule has 4 heteroatoms. The molecule has 10 heavy (non-hydrogen) atoms. The second kappa shape index (κ2) is 3.78. The fourth-order valence-corrected chi connectivity index (χ4v) is 1.07. The van der Waals surface area contributed by atoms with E-state index in [2.05, 4.69) is 0 Å². The third-order valence-corrected chi connectivity index (χ3v) is 1.91. The average Bonchev–Trinajstić information content (AvgIpc) is 1.79. The number of carboxylic acid groups (broad SMARTS) is 1. The minimum absolute atomic E-state index is 0. The summed E-state index contributed by atoms with van der Waals surface area (Å²) in [6.07, 6.45) is 2.24. The summed E-state index contributed by atoms with van der Waals surface area (Å²) in [5, 5.41) is 8.31. The van der Waals surface area contributed by atoms with Crippen molar-refractivity contribution < 1.29 is 9.90 Å². The molecule has 0 amide bonds. The van der Waals surface area contributed by atoms with Gasteiger partial charge < -0.3 is 10.8 Å². The van der Waals surface area contributed by atoms with E-state index in [1.54, 1.807) is 0 Å². The van der Waals surface area contributed by atoms with E-state index in [-0.39, 0.29) is 30.8 Å². The van der Waals surface area contributed by atoms with Gasteiger partial charge in [-0.05, 0) is 18.8 Å². The Morgan fingerprint density at radius 3 is 2.30 bits per heavy atom. The van der Waals surface area contributed by atoms with Crippen molar-refractivity contribution in [2.75, 3.05) is 0 Å². The molecule has 1 rings (SSSR count). The van der Waals surface area contributed by atoms with Gasteiger partial charge in [-0.1, -0.05) is 0 Å². The van der Waals surface area contributed by atoms with Crippen molar-refractivity contribution in [3.05, 3.63) is 0 Å². The van der Waals surface area contributed by atoms with Crippen molar-refractivity contribution in [2.45, 2.75) is 25.3 Å². The van der Waals surface area contributed by atoms with Gasteiger partial charge in [0, 0.05) is 12.5 Å². The van der Waals surface area contributed by atoms with Crippen LogP contribution in [-0.2, 0) is 4.79 Å². The molecule has 3 N–H and O–H groups in total. The molecule has 0 radical (unpaired) electrons. The first-order chi connectivity index (χ1) is 4.20. The topological polar surface area (TPSA) is 63.3 Å². The quantitative estimate of drug-likeness (QED) is 0.631. The van der Waals surface area contributed by atoms with Crippen molar-refractivity contribution >= 4 is 18.4 Å². The predicted molar refractivity (Wildman–Crippen MR) is 40.2 cm³/mol. The molecule has 0 aromatic carbocycles. The van der Waals surface area contributed by atoms with Gasteiger partial charge in [0.25, 0.3) is 0 Å². The third kappa shape index (κ3) is 2.15. The number of nitrogens with two attached hydrogens (primary N) is 1. The second-order valence-electron chi connectivity index (χ2n) is 2.60. The van der Waals surface area contributed by atoms with Crippen molar-refractivity contribution in [3.8, 4) is 0 Å². The van der Waals surface area contributed by atoms with E-state index in [1.807, 2.05) is 0 Å². The highest BCUT2D eigenvalue weighted by molar-refractivity contribution is 5.85. The summed E-state index contributed by atoms with van der Waals surface area (Å²) in [4.78, 5) is 10.1. The summed E-state index contributed by atoms with van der Waals surface area (Å²) in [5.41, 5.74) is 5.51. The number of carboxylic acids is 1. The first-order valence-corrected chi connectivity index (χ1v) is 3.17. The molecule has 1 saturated carbocycles. The van der Waals surface area contributed by atoms with Crippen LogP contribution in [0, 0.1) is 5.92 Å². The maximum absolute atomic E-state index is 10.1. The van der Waals surface area contributed by atoms with E-state index in [4.69, 9.17) is 10.8 Å². The monoisotopic (exact) mass is 165 g/mol. The van der Waals surface area contributed by atoms with Gasteiger partial charge in [-0.2, -0.15) is 0 Å². The van der Waals surface area contributed by atoms with Gasteiger partial charge in [0.15, 0.2) is 0 Å². The molecule has 0 unspecified atom stereocenters. The van der Waals surface area contributed by atoms with Crippen LogP contribution in [0.1, 0.15) is 19.3 Å². The Morgan fingerprint density at radius 2 is 2.20 bits per heavy atom. The summed E-state index contributed by atoms with van der Waals surface area (Å²) < 4.78 is 0. The van der Waals surface area contributed by atoms with Crippen LogP contribution in [0.4, 0.5) is 0 Å². The summed E-state index contributed by atoms with van der Waals surface area (Å²) >= 11 is 0. The smallest absolute Gasteiger partial charge is 0.303 e. The lowest BCUT2D eigenvalue weighted by atomic mass is 9.78. The first kappa shape index (κ1) is 9.72. The van der Waals surface area contributed by atoms with Gasteiger partial charge in [0.1, 0.15) is 0 Å². The number of hydrogen-bond acceptors (Lipinski definition) is 2. The Kier molecular flexibility index (Phi) is 3.68. The highest BCUT2D eigenvalue weighted by Gasteiger charge is 2.28. The summed E-state index contributed by atoms with van der Waals surface area (Å²) in [6, 6.07) is 0.154. The third-order valence-electron chi connectivity index (χ3n) is 1.91. The number of hydrogen-bond donors (Lipinski definition) is 2. The van der Waals surface area contributed by atoms with Crippen molar-refractivity contribution in [2.24, 2.45) is 11.7 Å². The summed E-state index contributed by atoms with van der Waals surface area (Å²) in [7, 11) is 0. The molecule has 0 bridgehead atoms. The Morgan fingerprint density at radius 1 is 1.60 bits per heavy atom. The fraction of sp³-hybridized carbons (Fsp3) is 0.833. The van der Waals surface area contributed by atoms with E-state index < -0.39 is 5.97 Å². The molecule has 1 aliphatic rings. The van der Waals surface area contributed by atoms with Gasteiger partial charge in [-0.3, -0.25) is 4.79 Å². The molecule has 0 saturated heterocycles. The second-order valence-corrected chi connectivity index (χ2v) is 2.60. The van der Waals surface area contributed by atoms with Gasteiger partial charge in [-0.25, -0.2) is 0 Å². The Hall–Kier alpha value is -0.280. The number of aliphatic carboxylic acids is 1. The summed E-state index contributed by atoms with van der Waals surface area (Å²) in [6.45, 7) is 0. The normalized spacial score (nSPS) is 30.1. The molecule has 1 aliphatic carbocycles. The fourth-order valence-electron chi connectivity index (χ4n) is 1.07. The van der Waals surface area contributed by atoms with Crippen LogP contribution in [0.15, 0.2) is 0 Å². The number of carbonyl (C=O) groups is 1. The van der Waals surface area contributed by atoms with Crippen LogP contribution in [-0.4, -0.2) is 17.1 Å². The lowest BCUT2D eigenvalue weighted by Gasteiger charge is -2.31. The minimum Gasteiger partial charge on any atom is -0.481 e. The zero-order valence-corrected chi connectivity index (χ0v) is 6.43. The lowest BCUT2D eigenvalue weighted by Crippen LogP contribution is -2.40. The van der Waals surface area contributed by atoms with Gasteiger partial charge in [0.2, 0.25) is 0 Å². The van der Waals surface area contributed by atoms with Crippen LogP contribution in [0.5, 0.6) is 0 Å². The molecule has 0 heterocycles. The van der Waals surface area contributed by atoms with E-state index in [0.717, 1.165) is 12.8 Å². The van der Waals surface area contributed by atoms with Gasteiger partial charge in [-0.15, -0.1) is 12.4 Å². The standard InChI is InChI=1S/C6H11NO2.ClH/c7-5-2-1-4(5)3-6(8)9;/h4-5H,1-3,7H2,(H,8,9);1H/t4-,5-;/m0./s1. The molecule has 0 aliphatic heterocycles. The molecule has 0 aromatic rings. The van der Waals surface area contributed by atoms with Crippen LogP contribution >= 0.6 is 12.4 Å². The molecule has 60 valence electrons. The van der Waals surface area contributed by atoms with Crippen LogP contribution in [0.2, 0.25) is 0 Å². The van der Waals surface area contributed by atoms with Gasteiger partial charge in [0.05, 0.1) is 0 Å². The largest absolute Gasteiger partial charge is 0.481 e. The molecule has 3 nitrogen and oxygen atoms in total. The molecule has 0 spiro atoms. The maximum Gasteiger partial charge on any atom is 0.303 e. The SMILES string of the molecule is Cl.N[C@H]1CC[C@H]1CC(=O)O. The predicted octanol–water partition coefficient (Wildman–Crippen LogP) is 0.620. The summed E-state index contributed by atoms with van der Waals surface area (Å²) in [5.74, 6) is -0.474. The van der Waals surface area contributed by atoms with Crippen LogP contribution in [0.25, 0.3) is 0 Å². The van der Waals surface area contributed by atoms with Gasteiger partial charge >= 0.3 is 5.97 Å². The average molecular weight is 166 g/mol. The van der Waals surface area contributed by atoms with E-state index in [1.165, 1.54) is 0 Å². The molecule has 0 aromatic heterocycles. The molecular weight excluding hydrogens is 154 g/mol. The zero-order valence-electron chi connectivity index (χ0n) is 5.62. The number of halogens is 1. The van der Waals surface area contributed by atoms with Crippen molar-refractivity contribution in [1.29, 1.82) is 0 Å². The lowest BCUT2D eigenvalue weighted by molar-refractivity contribution is -0.139. The molecule has 1 fully saturated rings. The van der Waals surface area contributed by atoms with Crippen LogP contribution in [0.3, 0.4) is 0 Å². The Labute approximate surface area is 66.0 Å². The minimum atomic E-state index is -0.727. The highest BCUT2D eigenvalue weighted by atomic mass is 35.5. The van der Waals surface area contributed by atoms with E-state index >= 15 is 0 Å². The maximum atomic E-state index is 10.1. The number of rotatable bonds is 2. The molecule has 2 atom stereocenters. The van der Waals surface area contributed by atoms with E-state index in [0.29, 0.717) is 0 Å². The Balaban J connectivity index is 0.000000810. The molecular formula is C6H12ClNO2. The van der Waals surface area contributed by atoms with Crippen LogP contribution < -0.4 is 5.73 Å². The van der Waals surface area contributed by atoms with E-state index in [9.17, 15) is 4.79 Å². The first-order valence-electron chi connectivity index (χ1n) is 3.17. The zero-order chi connectivity index (χ0) is 6.85.